The maximum absolute atomic E-state index is 11.8. The highest BCUT2D eigenvalue weighted by atomic mass is 32.1. The van der Waals surface area contributed by atoms with Crippen LogP contribution in [-0.2, 0) is 17.8 Å². The van der Waals surface area contributed by atoms with E-state index in [9.17, 15) is 4.79 Å². The summed E-state index contributed by atoms with van der Waals surface area (Å²) in [7, 11) is 0. The second-order valence-electron chi connectivity index (χ2n) is 5.63. The monoisotopic (exact) mass is 326 g/mol. The van der Waals surface area contributed by atoms with Crippen LogP contribution in [0.2, 0.25) is 0 Å². The Hall–Kier alpha value is -2.39. The van der Waals surface area contributed by atoms with E-state index in [2.05, 4.69) is 16.4 Å². The third-order valence-corrected chi connectivity index (χ3v) is 4.60. The van der Waals surface area contributed by atoms with E-state index in [0.29, 0.717) is 19.0 Å². The molecule has 0 atom stereocenters. The number of thiazole rings is 1. The van der Waals surface area contributed by atoms with Crippen LogP contribution >= 0.6 is 11.3 Å². The molecule has 1 amide bonds. The van der Waals surface area contributed by atoms with Crippen molar-refractivity contribution in [3.63, 3.8) is 0 Å². The number of amides is 1. The van der Waals surface area contributed by atoms with Gasteiger partial charge in [-0.1, -0.05) is 12.1 Å². The first-order chi connectivity index (χ1) is 11.2. The van der Waals surface area contributed by atoms with Crippen molar-refractivity contribution in [3.05, 3.63) is 40.9 Å². The van der Waals surface area contributed by atoms with E-state index >= 15 is 0 Å². The molecule has 1 aromatic heterocycles. The summed E-state index contributed by atoms with van der Waals surface area (Å²) in [6, 6.07) is 10.3. The molecule has 0 saturated heterocycles. The topological polar surface area (TPSA) is 69.0 Å². The third-order valence-electron chi connectivity index (χ3n) is 3.71. The van der Waals surface area contributed by atoms with Crippen LogP contribution in [-0.4, -0.2) is 16.9 Å². The number of carbonyl (C=O) groups is 1. The van der Waals surface area contributed by atoms with Crippen molar-refractivity contribution in [3.8, 4) is 6.07 Å². The number of benzene rings is 1. The zero-order valence-corrected chi connectivity index (χ0v) is 13.8. The Morgan fingerprint density at radius 3 is 2.78 bits per heavy atom. The first kappa shape index (κ1) is 15.5. The molecular weight excluding hydrogens is 308 g/mol. The van der Waals surface area contributed by atoms with Gasteiger partial charge in [0.15, 0.2) is 5.13 Å². The van der Waals surface area contributed by atoms with Crippen LogP contribution in [0.3, 0.4) is 0 Å². The minimum atomic E-state index is 0.0643. The zero-order chi connectivity index (χ0) is 16.2. The molecule has 1 fully saturated rings. The van der Waals surface area contributed by atoms with Crippen molar-refractivity contribution in [2.75, 3.05) is 10.2 Å². The van der Waals surface area contributed by atoms with Crippen LogP contribution in [0.1, 0.15) is 31.0 Å². The standard InChI is InChI=1S/C17H18N4OS/c1-12(22)21(16-6-7-16)17-20-15(11-23-17)10-19-14-4-2-13(3-5-14)8-9-18/h2-5,11,16,19H,6-8,10H2,1H3. The maximum Gasteiger partial charge on any atom is 0.225 e. The summed E-state index contributed by atoms with van der Waals surface area (Å²) in [4.78, 5) is 18.1. The number of nitrogens with zero attached hydrogens (tertiary/aromatic N) is 3. The molecule has 1 heterocycles. The molecule has 6 heteroatoms. The molecule has 1 aromatic carbocycles. The molecule has 23 heavy (non-hydrogen) atoms. The smallest absolute Gasteiger partial charge is 0.225 e. The summed E-state index contributed by atoms with van der Waals surface area (Å²) in [6.45, 7) is 2.21. The highest BCUT2D eigenvalue weighted by Crippen LogP contribution is 2.33. The molecular formula is C17H18N4OS. The van der Waals surface area contributed by atoms with Crippen LogP contribution in [0.25, 0.3) is 0 Å². The highest BCUT2D eigenvalue weighted by Gasteiger charge is 2.33. The second-order valence-corrected chi connectivity index (χ2v) is 6.46. The molecule has 118 valence electrons. The maximum atomic E-state index is 11.8. The van der Waals surface area contributed by atoms with E-state index < -0.39 is 0 Å². The van der Waals surface area contributed by atoms with Crippen LogP contribution in [0.4, 0.5) is 10.8 Å². The van der Waals surface area contributed by atoms with Gasteiger partial charge in [-0.25, -0.2) is 4.98 Å². The Morgan fingerprint density at radius 1 is 1.43 bits per heavy atom. The number of anilines is 2. The molecule has 1 saturated carbocycles. The van der Waals surface area contributed by atoms with Crippen LogP contribution in [0.5, 0.6) is 0 Å². The number of aromatic nitrogens is 1. The molecule has 0 spiro atoms. The quantitative estimate of drug-likeness (QED) is 0.884. The van der Waals surface area contributed by atoms with Gasteiger partial charge in [0.25, 0.3) is 0 Å². The Balaban J connectivity index is 1.60. The van der Waals surface area contributed by atoms with Gasteiger partial charge in [0.2, 0.25) is 5.91 Å². The number of hydrogen-bond acceptors (Lipinski definition) is 5. The van der Waals surface area contributed by atoms with Crippen LogP contribution < -0.4 is 10.2 Å². The number of nitriles is 1. The van der Waals surface area contributed by atoms with Gasteiger partial charge in [0, 0.05) is 24.0 Å². The van der Waals surface area contributed by atoms with Gasteiger partial charge in [0.1, 0.15) is 0 Å². The lowest BCUT2D eigenvalue weighted by atomic mass is 10.1. The van der Waals surface area contributed by atoms with E-state index in [1.165, 1.54) is 11.3 Å². The lowest BCUT2D eigenvalue weighted by Crippen LogP contribution is -2.30. The summed E-state index contributed by atoms with van der Waals surface area (Å²) in [5, 5.41) is 14.8. The SMILES string of the molecule is CC(=O)N(c1nc(CNc2ccc(CC#N)cc2)cs1)C1CC1. The van der Waals surface area contributed by atoms with Gasteiger partial charge >= 0.3 is 0 Å². The largest absolute Gasteiger partial charge is 0.379 e. The van der Waals surface area contributed by atoms with Crippen LogP contribution in [0.15, 0.2) is 29.6 Å². The molecule has 1 N–H and O–H groups in total. The average molecular weight is 326 g/mol. The first-order valence-corrected chi connectivity index (χ1v) is 8.49. The Bertz CT molecular complexity index is 728. The Labute approximate surface area is 139 Å². The molecule has 2 aromatic rings. The molecule has 3 rings (SSSR count). The van der Waals surface area contributed by atoms with E-state index in [-0.39, 0.29) is 5.91 Å². The number of hydrogen-bond donors (Lipinski definition) is 1. The predicted molar refractivity (Wildman–Crippen MR) is 91.4 cm³/mol. The van der Waals surface area contributed by atoms with Gasteiger partial charge in [-0.05, 0) is 30.5 Å². The van der Waals surface area contributed by atoms with Crippen molar-refractivity contribution in [2.45, 2.75) is 38.8 Å². The van der Waals surface area contributed by atoms with Crippen molar-refractivity contribution in [1.29, 1.82) is 5.26 Å². The molecule has 0 unspecified atom stereocenters. The second kappa shape index (κ2) is 6.80. The van der Waals surface area contributed by atoms with E-state index in [0.717, 1.165) is 34.9 Å². The Kier molecular flexibility index (Phi) is 4.58. The predicted octanol–water partition coefficient (Wildman–Crippen LogP) is 3.34. The van der Waals surface area contributed by atoms with Crippen LogP contribution in [0, 0.1) is 11.3 Å². The van der Waals surface area contributed by atoms with Gasteiger partial charge in [-0.15, -0.1) is 11.3 Å². The summed E-state index contributed by atoms with van der Waals surface area (Å²) in [6.07, 6.45) is 2.57. The molecule has 5 nitrogen and oxygen atoms in total. The third kappa shape index (κ3) is 3.88. The molecule has 0 bridgehead atoms. The summed E-state index contributed by atoms with van der Waals surface area (Å²) < 4.78 is 0. The van der Waals surface area contributed by atoms with Gasteiger partial charge in [0.05, 0.1) is 24.7 Å². The summed E-state index contributed by atoms with van der Waals surface area (Å²) >= 11 is 1.52. The van der Waals surface area contributed by atoms with E-state index in [4.69, 9.17) is 5.26 Å². The minimum absolute atomic E-state index is 0.0643. The normalized spacial score (nSPS) is 13.4. The number of carbonyl (C=O) groups excluding carboxylic acids is 1. The van der Waals surface area contributed by atoms with E-state index in [1.807, 2.05) is 34.5 Å². The number of rotatable bonds is 6. The zero-order valence-electron chi connectivity index (χ0n) is 13.0. The minimum Gasteiger partial charge on any atom is -0.379 e. The molecule has 1 aliphatic rings. The summed E-state index contributed by atoms with van der Waals surface area (Å²) in [5.41, 5.74) is 2.93. The first-order valence-electron chi connectivity index (χ1n) is 7.61. The summed E-state index contributed by atoms with van der Waals surface area (Å²) in [5.74, 6) is 0.0643. The van der Waals surface area contributed by atoms with Crippen molar-refractivity contribution >= 4 is 28.1 Å². The average Bonchev–Trinajstić information content (AvgIpc) is 3.25. The lowest BCUT2D eigenvalue weighted by molar-refractivity contribution is -0.116. The number of nitrogens with one attached hydrogen (secondary N) is 1. The highest BCUT2D eigenvalue weighted by molar-refractivity contribution is 7.14. The fraction of sp³-hybridized carbons (Fsp3) is 0.353. The lowest BCUT2D eigenvalue weighted by Gasteiger charge is -2.16. The van der Waals surface area contributed by atoms with Crippen molar-refractivity contribution in [2.24, 2.45) is 0 Å². The van der Waals surface area contributed by atoms with Gasteiger partial charge < -0.3 is 5.32 Å². The molecule has 0 aliphatic heterocycles. The van der Waals surface area contributed by atoms with E-state index in [1.54, 1.807) is 6.92 Å². The van der Waals surface area contributed by atoms with Crippen molar-refractivity contribution < 1.29 is 4.79 Å². The Morgan fingerprint density at radius 2 is 2.17 bits per heavy atom. The van der Waals surface area contributed by atoms with Gasteiger partial charge in [-0.3, -0.25) is 9.69 Å². The van der Waals surface area contributed by atoms with Crippen molar-refractivity contribution in [1.82, 2.24) is 4.98 Å². The molecule has 0 radical (unpaired) electrons. The molecule has 1 aliphatic carbocycles. The fourth-order valence-corrected chi connectivity index (χ4v) is 3.33. The fourth-order valence-electron chi connectivity index (χ4n) is 2.39. The van der Waals surface area contributed by atoms with Gasteiger partial charge in [-0.2, -0.15) is 5.26 Å².